The van der Waals surface area contributed by atoms with Gasteiger partial charge in [-0.25, -0.2) is 4.98 Å². The molecule has 132 valence electrons. The van der Waals surface area contributed by atoms with Crippen molar-refractivity contribution in [1.29, 1.82) is 0 Å². The smallest absolute Gasteiger partial charge is 0.306 e. The summed E-state index contributed by atoms with van der Waals surface area (Å²) < 4.78 is 10.9. The molecule has 1 aromatic rings. The van der Waals surface area contributed by atoms with Crippen LogP contribution >= 0.6 is 0 Å². The van der Waals surface area contributed by atoms with Gasteiger partial charge in [-0.05, 0) is 76.5 Å². The van der Waals surface area contributed by atoms with Gasteiger partial charge in [0.15, 0.2) is 0 Å². The second-order valence-electron chi connectivity index (χ2n) is 7.31. The topological polar surface area (TPSA) is 48.4 Å². The monoisotopic (exact) mass is 331 g/mol. The Balaban J connectivity index is 1.85. The fourth-order valence-electron chi connectivity index (χ4n) is 2.96. The summed E-state index contributed by atoms with van der Waals surface area (Å²) in [6.45, 7) is 8.31. The van der Waals surface area contributed by atoms with Crippen LogP contribution in [0.5, 0.6) is 5.88 Å². The third-order valence-corrected chi connectivity index (χ3v) is 4.09. The molecule has 2 rings (SSSR count). The molecule has 0 aromatic carbocycles. The average molecular weight is 331 g/mol. The van der Waals surface area contributed by atoms with Gasteiger partial charge in [0.1, 0.15) is 5.60 Å². The quantitative estimate of drug-likeness (QED) is 0.704. The molecule has 0 spiro atoms. The molecule has 0 saturated carbocycles. The van der Waals surface area contributed by atoms with E-state index >= 15 is 0 Å². The summed E-state index contributed by atoms with van der Waals surface area (Å²) in [6, 6.07) is 4.05. The first-order valence-corrected chi connectivity index (χ1v) is 8.87. The summed E-state index contributed by atoms with van der Waals surface area (Å²) in [7, 11) is 0. The summed E-state index contributed by atoms with van der Waals surface area (Å²) in [5.41, 5.74) is 2.15. The van der Waals surface area contributed by atoms with Gasteiger partial charge in [-0.1, -0.05) is 6.08 Å². The molecule has 1 unspecified atom stereocenters. The van der Waals surface area contributed by atoms with Crippen molar-refractivity contribution in [2.24, 2.45) is 5.92 Å². The Morgan fingerprint density at radius 2 is 2.17 bits per heavy atom. The molecule has 0 N–H and O–H groups in total. The van der Waals surface area contributed by atoms with Crippen LogP contribution in [0.15, 0.2) is 24.4 Å². The molecule has 1 aromatic heterocycles. The van der Waals surface area contributed by atoms with E-state index < -0.39 is 5.60 Å². The van der Waals surface area contributed by atoms with Crippen molar-refractivity contribution in [3.8, 4) is 5.88 Å². The van der Waals surface area contributed by atoms with Gasteiger partial charge in [0, 0.05) is 18.7 Å². The maximum absolute atomic E-state index is 11.8. The molecule has 0 aliphatic heterocycles. The molecule has 4 heteroatoms. The van der Waals surface area contributed by atoms with Gasteiger partial charge in [-0.15, -0.1) is 0 Å². The molecular weight excluding hydrogens is 302 g/mol. The number of hydrogen-bond acceptors (Lipinski definition) is 4. The van der Waals surface area contributed by atoms with E-state index in [0.717, 1.165) is 25.7 Å². The molecule has 0 amide bonds. The Hall–Kier alpha value is -1.84. The minimum absolute atomic E-state index is 0.0900. The molecule has 0 fully saturated rings. The molecule has 4 nitrogen and oxygen atoms in total. The summed E-state index contributed by atoms with van der Waals surface area (Å²) in [6.07, 6.45) is 8.68. The van der Waals surface area contributed by atoms with Gasteiger partial charge in [0.25, 0.3) is 0 Å². The zero-order valence-corrected chi connectivity index (χ0v) is 15.3. The minimum Gasteiger partial charge on any atom is -0.478 e. The highest BCUT2D eigenvalue weighted by Crippen LogP contribution is 2.33. The Morgan fingerprint density at radius 3 is 2.79 bits per heavy atom. The highest BCUT2D eigenvalue weighted by Gasteiger charge is 2.20. The lowest BCUT2D eigenvalue weighted by molar-refractivity contribution is -0.155. The Bertz CT molecular complexity index is 587. The number of ether oxygens (including phenoxy) is 2. The molecule has 0 bridgehead atoms. The van der Waals surface area contributed by atoms with Crippen LogP contribution in [0.4, 0.5) is 0 Å². The van der Waals surface area contributed by atoms with Gasteiger partial charge < -0.3 is 9.47 Å². The molecule has 0 radical (unpaired) electrons. The van der Waals surface area contributed by atoms with Crippen molar-refractivity contribution in [3.63, 3.8) is 0 Å². The number of carbonyl (C=O) groups is 1. The third kappa shape index (κ3) is 5.99. The van der Waals surface area contributed by atoms with Gasteiger partial charge in [0.2, 0.25) is 5.88 Å². The van der Waals surface area contributed by atoms with Crippen LogP contribution in [0.3, 0.4) is 0 Å². The number of hydrogen-bond donors (Lipinski definition) is 0. The number of carbonyl (C=O) groups excluding carboxylic acids is 1. The van der Waals surface area contributed by atoms with Crippen molar-refractivity contribution < 1.29 is 14.3 Å². The van der Waals surface area contributed by atoms with E-state index in [4.69, 9.17) is 9.47 Å². The number of pyridine rings is 1. The van der Waals surface area contributed by atoms with Crippen molar-refractivity contribution in [1.82, 2.24) is 4.98 Å². The molecule has 1 aliphatic rings. The van der Waals surface area contributed by atoms with Crippen molar-refractivity contribution in [2.45, 2.75) is 65.4 Å². The zero-order valence-electron chi connectivity index (χ0n) is 15.3. The molecule has 0 saturated heterocycles. The van der Waals surface area contributed by atoms with E-state index in [-0.39, 0.29) is 5.97 Å². The lowest BCUT2D eigenvalue weighted by atomic mass is 9.84. The number of rotatable bonds is 6. The summed E-state index contributed by atoms with van der Waals surface area (Å²) >= 11 is 0. The average Bonchev–Trinajstić information content (AvgIpc) is 2.52. The Kier molecular flexibility index (Phi) is 6.41. The fourth-order valence-corrected chi connectivity index (χ4v) is 2.96. The molecule has 1 aliphatic carbocycles. The van der Waals surface area contributed by atoms with E-state index in [0.29, 0.717) is 24.8 Å². The van der Waals surface area contributed by atoms with Gasteiger partial charge in [-0.2, -0.15) is 0 Å². The van der Waals surface area contributed by atoms with E-state index in [2.05, 4.69) is 11.1 Å². The molecule has 1 heterocycles. The summed E-state index contributed by atoms with van der Waals surface area (Å²) in [5, 5.41) is 0. The third-order valence-electron chi connectivity index (χ3n) is 4.09. The van der Waals surface area contributed by atoms with Crippen molar-refractivity contribution in [3.05, 3.63) is 30.0 Å². The van der Waals surface area contributed by atoms with Crippen LogP contribution in [-0.4, -0.2) is 23.2 Å². The largest absolute Gasteiger partial charge is 0.478 e. The maximum Gasteiger partial charge on any atom is 0.306 e. The second kappa shape index (κ2) is 8.32. The van der Waals surface area contributed by atoms with Gasteiger partial charge >= 0.3 is 5.97 Å². The van der Waals surface area contributed by atoms with Crippen molar-refractivity contribution in [2.75, 3.05) is 6.61 Å². The molecule has 24 heavy (non-hydrogen) atoms. The number of allylic oxidation sites excluding steroid dienone is 2. The highest BCUT2D eigenvalue weighted by molar-refractivity contribution is 5.70. The van der Waals surface area contributed by atoms with E-state index in [1.165, 1.54) is 11.1 Å². The minimum atomic E-state index is -0.393. The first-order chi connectivity index (χ1) is 11.4. The predicted molar refractivity (Wildman–Crippen MR) is 95.8 cm³/mol. The lowest BCUT2D eigenvalue weighted by Gasteiger charge is -2.23. The SMILES string of the molecule is CCOc1cc(C2=CCC(CCC(=O)OC(C)(C)C)CC2)ccn1. The van der Waals surface area contributed by atoms with E-state index in [1.54, 1.807) is 6.20 Å². The standard InChI is InChI=1S/C20H29NO3/c1-5-23-18-14-17(12-13-21-18)16-9-6-15(7-10-16)8-11-19(22)24-20(2,3)4/h9,12-15H,5-8,10-11H2,1-4H3. The molecule has 1 atom stereocenters. The van der Waals surface area contributed by atoms with Gasteiger partial charge in [0.05, 0.1) is 6.61 Å². The Morgan fingerprint density at radius 1 is 1.38 bits per heavy atom. The van der Waals surface area contributed by atoms with Crippen LogP contribution in [0.1, 0.15) is 65.4 Å². The lowest BCUT2D eigenvalue weighted by Crippen LogP contribution is -2.24. The van der Waals surface area contributed by atoms with Crippen molar-refractivity contribution >= 4 is 11.5 Å². The van der Waals surface area contributed by atoms with Crippen LogP contribution in [0.25, 0.3) is 5.57 Å². The number of aromatic nitrogens is 1. The number of esters is 1. The number of nitrogens with zero attached hydrogens (tertiary/aromatic N) is 1. The Labute approximate surface area is 145 Å². The zero-order chi connectivity index (χ0) is 17.6. The van der Waals surface area contributed by atoms with Crippen LogP contribution < -0.4 is 4.74 Å². The second-order valence-corrected chi connectivity index (χ2v) is 7.31. The van der Waals surface area contributed by atoms with E-state index in [1.807, 2.05) is 39.8 Å². The predicted octanol–water partition coefficient (Wildman–Crippen LogP) is 4.79. The first-order valence-electron chi connectivity index (χ1n) is 8.87. The van der Waals surface area contributed by atoms with Crippen LogP contribution in [-0.2, 0) is 9.53 Å². The van der Waals surface area contributed by atoms with Crippen LogP contribution in [0.2, 0.25) is 0 Å². The maximum atomic E-state index is 11.8. The van der Waals surface area contributed by atoms with Gasteiger partial charge in [-0.3, -0.25) is 4.79 Å². The van der Waals surface area contributed by atoms with Crippen LogP contribution in [0, 0.1) is 5.92 Å². The summed E-state index contributed by atoms with van der Waals surface area (Å²) in [4.78, 5) is 16.0. The summed E-state index contributed by atoms with van der Waals surface area (Å²) in [5.74, 6) is 1.16. The first kappa shape index (κ1) is 18.5. The molecular formula is C20H29NO3. The highest BCUT2D eigenvalue weighted by atomic mass is 16.6. The van der Waals surface area contributed by atoms with E-state index in [9.17, 15) is 4.79 Å². The normalized spacial score (nSPS) is 18.0. The fraction of sp³-hybridized carbons (Fsp3) is 0.600.